The van der Waals surface area contributed by atoms with Gasteiger partial charge in [0.25, 0.3) is 0 Å². The number of hydrogen-bond donors (Lipinski definition) is 1. The van der Waals surface area contributed by atoms with Gasteiger partial charge in [-0.15, -0.1) is 0 Å². The molecule has 0 atom stereocenters. The quantitative estimate of drug-likeness (QED) is 0.742. The van der Waals surface area contributed by atoms with Crippen LogP contribution in [0.1, 0.15) is 13.8 Å². The Labute approximate surface area is 103 Å². The second-order valence-electron chi connectivity index (χ2n) is 3.97. The molecule has 1 N–H and O–H groups in total. The van der Waals surface area contributed by atoms with Crippen LogP contribution >= 0.6 is 0 Å². The maximum atomic E-state index is 5.56. The Morgan fingerprint density at radius 1 is 1.06 bits per heavy atom. The molecular weight excluding hydrogens is 218 g/mol. The molecule has 0 saturated carbocycles. The monoisotopic (exact) mass is 239 g/mol. The SMILES string of the molecule is COC(CNc1ccc(OC(C)C)cc1)OC. The van der Waals surface area contributed by atoms with Crippen LogP contribution in [0.3, 0.4) is 0 Å². The standard InChI is InChI=1S/C13H21NO3/c1-10(2)17-12-7-5-11(6-8-12)14-9-13(15-3)16-4/h5-8,10,13-14H,9H2,1-4H3. The maximum absolute atomic E-state index is 5.56. The molecular formula is C13H21NO3. The van der Waals surface area contributed by atoms with Gasteiger partial charge in [0.1, 0.15) is 5.75 Å². The largest absolute Gasteiger partial charge is 0.491 e. The van der Waals surface area contributed by atoms with Crippen molar-refractivity contribution < 1.29 is 14.2 Å². The van der Waals surface area contributed by atoms with Gasteiger partial charge in [0, 0.05) is 19.9 Å². The van der Waals surface area contributed by atoms with E-state index in [1.54, 1.807) is 14.2 Å². The lowest BCUT2D eigenvalue weighted by molar-refractivity contribution is -0.0914. The van der Waals surface area contributed by atoms with Gasteiger partial charge in [-0.1, -0.05) is 0 Å². The van der Waals surface area contributed by atoms with E-state index in [-0.39, 0.29) is 12.4 Å². The molecule has 0 heterocycles. The van der Waals surface area contributed by atoms with E-state index in [1.165, 1.54) is 0 Å². The number of benzene rings is 1. The summed E-state index contributed by atoms with van der Waals surface area (Å²) in [7, 11) is 3.24. The lowest BCUT2D eigenvalue weighted by atomic mass is 10.3. The molecule has 17 heavy (non-hydrogen) atoms. The molecule has 1 aromatic rings. The minimum Gasteiger partial charge on any atom is -0.491 e. The van der Waals surface area contributed by atoms with Crippen LogP contribution in [0.2, 0.25) is 0 Å². The summed E-state index contributed by atoms with van der Waals surface area (Å²) < 4.78 is 15.7. The Morgan fingerprint density at radius 2 is 1.65 bits per heavy atom. The van der Waals surface area contributed by atoms with Crippen molar-refractivity contribution in [1.29, 1.82) is 0 Å². The average molecular weight is 239 g/mol. The van der Waals surface area contributed by atoms with Crippen molar-refractivity contribution in [2.75, 3.05) is 26.1 Å². The Kier molecular flexibility index (Phi) is 5.80. The second-order valence-corrected chi connectivity index (χ2v) is 3.97. The summed E-state index contributed by atoms with van der Waals surface area (Å²) in [6, 6.07) is 7.83. The van der Waals surface area contributed by atoms with Gasteiger partial charge < -0.3 is 19.5 Å². The third-order valence-electron chi connectivity index (χ3n) is 2.22. The van der Waals surface area contributed by atoms with E-state index in [1.807, 2.05) is 38.1 Å². The molecule has 0 spiro atoms. The first kappa shape index (κ1) is 13.8. The fourth-order valence-corrected chi connectivity index (χ4v) is 1.39. The van der Waals surface area contributed by atoms with Crippen LogP contribution in [0, 0.1) is 0 Å². The molecule has 0 aliphatic carbocycles. The summed E-state index contributed by atoms with van der Waals surface area (Å²) in [6.07, 6.45) is -0.0400. The third kappa shape index (κ3) is 5.06. The number of hydrogen-bond acceptors (Lipinski definition) is 4. The first-order chi connectivity index (χ1) is 8.15. The first-order valence-corrected chi connectivity index (χ1v) is 5.72. The summed E-state index contributed by atoms with van der Waals surface area (Å²) in [4.78, 5) is 0. The average Bonchev–Trinajstić information content (AvgIpc) is 2.32. The van der Waals surface area contributed by atoms with E-state index in [2.05, 4.69) is 5.32 Å². The molecule has 0 aliphatic heterocycles. The zero-order valence-corrected chi connectivity index (χ0v) is 10.9. The smallest absolute Gasteiger partial charge is 0.173 e. The number of rotatable bonds is 7. The van der Waals surface area contributed by atoms with Crippen LogP contribution in [0.4, 0.5) is 5.69 Å². The molecule has 1 aromatic carbocycles. The van der Waals surface area contributed by atoms with Crippen LogP contribution in [0.25, 0.3) is 0 Å². The predicted molar refractivity (Wildman–Crippen MR) is 68.5 cm³/mol. The molecule has 0 fully saturated rings. The van der Waals surface area contributed by atoms with E-state index in [0.29, 0.717) is 6.54 Å². The molecule has 0 saturated heterocycles. The van der Waals surface area contributed by atoms with Crippen LogP contribution in [0.15, 0.2) is 24.3 Å². The van der Waals surface area contributed by atoms with Crippen molar-refractivity contribution in [2.24, 2.45) is 0 Å². The zero-order valence-electron chi connectivity index (χ0n) is 10.9. The highest BCUT2D eigenvalue weighted by Gasteiger charge is 2.04. The van der Waals surface area contributed by atoms with Crippen LogP contribution < -0.4 is 10.1 Å². The second kappa shape index (κ2) is 7.14. The van der Waals surface area contributed by atoms with Gasteiger partial charge in [-0.2, -0.15) is 0 Å². The molecule has 4 heteroatoms. The molecule has 0 bridgehead atoms. The van der Waals surface area contributed by atoms with Gasteiger partial charge in [-0.25, -0.2) is 0 Å². The number of anilines is 1. The predicted octanol–water partition coefficient (Wildman–Crippen LogP) is 2.50. The van der Waals surface area contributed by atoms with Gasteiger partial charge in [-0.05, 0) is 38.1 Å². The molecule has 4 nitrogen and oxygen atoms in total. The molecule has 0 aliphatic rings. The summed E-state index contributed by atoms with van der Waals surface area (Å²) in [5.74, 6) is 0.876. The van der Waals surface area contributed by atoms with Crippen molar-refractivity contribution >= 4 is 5.69 Å². The normalized spacial score (nSPS) is 10.9. The number of methoxy groups -OCH3 is 2. The minimum atomic E-state index is -0.235. The molecule has 1 rings (SSSR count). The minimum absolute atomic E-state index is 0.195. The van der Waals surface area contributed by atoms with Crippen LogP contribution in [-0.4, -0.2) is 33.2 Å². The highest BCUT2D eigenvalue weighted by Crippen LogP contribution is 2.16. The lowest BCUT2D eigenvalue weighted by Crippen LogP contribution is -2.23. The van der Waals surface area contributed by atoms with Crippen molar-refractivity contribution in [3.05, 3.63) is 24.3 Å². The van der Waals surface area contributed by atoms with E-state index >= 15 is 0 Å². The fourth-order valence-electron chi connectivity index (χ4n) is 1.39. The van der Waals surface area contributed by atoms with Crippen LogP contribution in [-0.2, 0) is 9.47 Å². The zero-order chi connectivity index (χ0) is 12.7. The third-order valence-corrected chi connectivity index (χ3v) is 2.22. The van der Waals surface area contributed by atoms with E-state index in [4.69, 9.17) is 14.2 Å². The van der Waals surface area contributed by atoms with E-state index in [9.17, 15) is 0 Å². The molecule has 0 unspecified atom stereocenters. The van der Waals surface area contributed by atoms with Crippen molar-refractivity contribution in [2.45, 2.75) is 26.2 Å². The number of nitrogens with one attached hydrogen (secondary N) is 1. The van der Waals surface area contributed by atoms with Crippen molar-refractivity contribution in [1.82, 2.24) is 0 Å². The molecule has 0 radical (unpaired) electrons. The van der Waals surface area contributed by atoms with Gasteiger partial charge >= 0.3 is 0 Å². The van der Waals surface area contributed by atoms with E-state index in [0.717, 1.165) is 11.4 Å². The maximum Gasteiger partial charge on any atom is 0.173 e. The summed E-state index contributed by atoms with van der Waals surface area (Å²) in [6.45, 7) is 4.62. The Balaban J connectivity index is 2.45. The Bertz CT molecular complexity index is 307. The molecule has 96 valence electrons. The van der Waals surface area contributed by atoms with Crippen molar-refractivity contribution in [3.63, 3.8) is 0 Å². The number of ether oxygens (including phenoxy) is 3. The summed E-state index contributed by atoms with van der Waals surface area (Å²) in [5.41, 5.74) is 1.01. The lowest BCUT2D eigenvalue weighted by Gasteiger charge is -2.15. The van der Waals surface area contributed by atoms with E-state index < -0.39 is 0 Å². The topological polar surface area (TPSA) is 39.7 Å². The first-order valence-electron chi connectivity index (χ1n) is 5.72. The van der Waals surface area contributed by atoms with Crippen molar-refractivity contribution in [3.8, 4) is 5.75 Å². The van der Waals surface area contributed by atoms with Gasteiger partial charge in [0.05, 0.1) is 12.6 Å². The highest BCUT2D eigenvalue weighted by molar-refractivity contribution is 5.46. The van der Waals surface area contributed by atoms with Crippen LogP contribution in [0.5, 0.6) is 5.75 Å². The summed E-state index contributed by atoms with van der Waals surface area (Å²) in [5, 5.41) is 3.22. The van der Waals surface area contributed by atoms with Gasteiger partial charge in [0.2, 0.25) is 0 Å². The molecule has 0 aromatic heterocycles. The fraction of sp³-hybridized carbons (Fsp3) is 0.538. The Morgan fingerprint density at radius 3 is 2.12 bits per heavy atom. The highest BCUT2D eigenvalue weighted by atomic mass is 16.7. The Hall–Kier alpha value is -1.26. The van der Waals surface area contributed by atoms with Gasteiger partial charge in [0.15, 0.2) is 6.29 Å². The summed E-state index contributed by atoms with van der Waals surface area (Å²) >= 11 is 0. The van der Waals surface area contributed by atoms with Gasteiger partial charge in [-0.3, -0.25) is 0 Å². The molecule has 0 amide bonds.